The van der Waals surface area contributed by atoms with Gasteiger partial charge < -0.3 is 10.4 Å². The standard InChI is InChI=1S/C16H20ClN3O2/c1-10(7-11(2)21)8-18-16(22)14-9-19-20-15(14)12-3-5-13(17)6-4-12/h3-6,9-11,21H,7-8H2,1-2H3,(H,18,22)(H,19,20). The van der Waals surface area contributed by atoms with E-state index in [0.29, 0.717) is 29.2 Å². The zero-order chi connectivity index (χ0) is 16.1. The van der Waals surface area contributed by atoms with Crippen molar-refractivity contribution in [2.45, 2.75) is 26.4 Å². The Morgan fingerprint density at radius 3 is 2.68 bits per heavy atom. The zero-order valence-electron chi connectivity index (χ0n) is 12.6. The molecular weight excluding hydrogens is 302 g/mol. The molecule has 2 rings (SSSR count). The van der Waals surface area contributed by atoms with Crippen LogP contribution in [0.4, 0.5) is 0 Å². The van der Waals surface area contributed by atoms with Crippen LogP contribution in [-0.2, 0) is 0 Å². The van der Waals surface area contributed by atoms with Crippen molar-refractivity contribution in [2.75, 3.05) is 6.54 Å². The first kappa shape index (κ1) is 16.5. The Bertz CT molecular complexity index is 623. The predicted octanol–water partition coefficient (Wildman–Crippen LogP) is 2.87. The summed E-state index contributed by atoms with van der Waals surface area (Å²) in [6, 6.07) is 7.21. The lowest BCUT2D eigenvalue weighted by atomic mass is 10.0. The van der Waals surface area contributed by atoms with Crippen LogP contribution in [0.2, 0.25) is 5.02 Å². The SMILES string of the molecule is CC(O)CC(C)CNC(=O)c1cn[nH]c1-c1ccc(Cl)cc1. The molecule has 1 aromatic carbocycles. The highest BCUT2D eigenvalue weighted by molar-refractivity contribution is 6.30. The predicted molar refractivity (Wildman–Crippen MR) is 86.8 cm³/mol. The third-order valence-corrected chi connectivity index (χ3v) is 3.62. The number of aromatic nitrogens is 2. The number of nitrogens with zero attached hydrogens (tertiary/aromatic N) is 1. The molecule has 1 amide bonds. The van der Waals surface area contributed by atoms with E-state index < -0.39 is 0 Å². The molecule has 118 valence electrons. The lowest BCUT2D eigenvalue weighted by Gasteiger charge is -2.14. The summed E-state index contributed by atoms with van der Waals surface area (Å²) in [4.78, 5) is 12.3. The second kappa shape index (κ2) is 7.42. The lowest BCUT2D eigenvalue weighted by Crippen LogP contribution is -2.29. The number of halogens is 1. The van der Waals surface area contributed by atoms with E-state index in [0.717, 1.165) is 5.56 Å². The molecule has 0 fully saturated rings. The number of hydrogen-bond acceptors (Lipinski definition) is 3. The minimum atomic E-state index is -0.370. The van der Waals surface area contributed by atoms with E-state index in [2.05, 4.69) is 15.5 Å². The normalized spacial score (nSPS) is 13.6. The first-order valence-corrected chi connectivity index (χ1v) is 7.60. The minimum Gasteiger partial charge on any atom is -0.393 e. The maximum absolute atomic E-state index is 12.3. The van der Waals surface area contributed by atoms with Gasteiger partial charge in [-0.2, -0.15) is 5.10 Å². The van der Waals surface area contributed by atoms with Crippen LogP contribution >= 0.6 is 11.6 Å². The maximum Gasteiger partial charge on any atom is 0.255 e. The number of hydrogen-bond donors (Lipinski definition) is 3. The molecular formula is C16H20ClN3O2. The van der Waals surface area contributed by atoms with Crippen molar-refractivity contribution in [3.63, 3.8) is 0 Å². The molecule has 0 spiro atoms. The first-order chi connectivity index (χ1) is 10.5. The molecule has 2 unspecified atom stereocenters. The number of nitrogens with one attached hydrogen (secondary N) is 2. The summed E-state index contributed by atoms with van der Waals surface area (Å²) in [5.74, 6) is 0.0194. The van der Waals surface area contributed by atoms with E-state index in [1.165, 1.54) is 6.20 Å². The highest BCUT2D eigenvalue weighted by Crippen LogP contribution is 2.22. The second-order valence-corrected chi connectivity index (χ2v) is 6.00. The van der Waals surface area contributed by atoms with Crippen molar-refractivity contribution in [3.05, 3.63) is 41.0 Å². The molecule has 2 aromatic rings. The zero-order valence-corrected chi connectivity index (χ0v) is 13.4. The monoisotopic (exact) mass is 321 g/mol. The summed E-state index contributed by atoms with van der Waals surface area (Å²) in [5.41, 5.74) is 2.01. The van der Waals surface area contributed by atoms with Gasteiger partial charge in [-0.3, -0.25) is 9.89 Å². The molecule has 0 bridgehead atoms. The number of carbonyl (C=O) groups is 1. The summed E-state index contributed by atoms with van der Waals surface area (Å²) in [7, 11) is 0. The van der Waals surface area contributed by atoms with Gasteiger partial charge in [0.1, 0.15) is 0 Å². The van der Waals surface area contributed by atoms with Gasteiger partial charge in [-0.15, -0.1) is 0 Å². The van der Waals surface area contributed by atoms with Gasteiger partial charge in [-0.05, 0) is 31.4 Å². The van der Waals surface area contributed by atoms with Crippen molar-refractivity contribution < 1.29 is 9.90 Å². The van der Waals surface area contributed by atoms with Gasteiger partial charge in [0.25, 0.3) is 5.91 Å². The Morgan fingerprint density at radius 1 is 1.36 bits per heavy atom. The first-order valence-electron chi connectivity index (χ1n) is 7.23. The summed E-state index contributed by atoms with van der Waals surface area (Å²) >= 11 is 5.88. The quantitative estimate of drug-likeness (QED) is 0.765. The number of aliphatic hydroxyl groups is 1. The number of amides is 1. The van der Waals surface area contributed by atoms with E-state index in [4.69, 9.17) is 11.6 Å². The van der Waals surface area contributed by atoms with E-state index in [9.17, 15) is 9.90 Å². The van der Waals surface area contributed by atoms with E-state index >= 15 is 0 Å². The Labute approximate surface area is 134 Å². The van der Waals surface area contributed by atoms with Gasteiger partial charge >= 0.3 is 0 Å². The molecule has 2 atom stereocenters. The van der Waals surface area contributed by atoms with Crippen molar-refractivity contribution >= 4 is 17.5 Å². The van der Waals surface area contributed by atoms with E-state index in [-0.39, 0.29) is 17.9 Å². The van der Waals surface area contributed by atoms with Crippen LogP contribution in [0.1, 0.15) is 30.6 Å². The number of carbonyl (C=O) groups excluding carboxylic acids is 1. The second-order valence-electron chi connectivity index (χ2n) is 5.57. The Morgan fingerprint density at radius 2 is 2.05 bits per heavy atom. The molecule has 22 heavy (non-hydrogen) atoms. The number of H-pyrrole nitrogens is 1. The van der Waals surface area contributed by atoms with Crippen molar-refractivity contribution in [1.82, 2.24) is 15.5 Å². The van der Waals surface area contributed by atoms with Crippen LogP contribution < -0.4 is 5.32 Å². The molecule has 0 saturated heterocycles. The molecule has 5 nitrogen and oxygen atoms in total. The van der Waals surface area contributed by atoms with Crippen LogP contribution in [0.15, 0.2) is 30.5 Å². The van der Waals surface area contributed by atoms with Crippen LogP contribution in [0.5, 0.6) is 0 Å². The molecule has 3 N–H and O–H groups in total. The van der Waals surface area contributed by atoms with Crippen LogP contribution in [0.3, 0.4) is 0 Å². The molecule has 0 aliphatic carbocycles. The van der Waals surface area contributed by atoms with E-state index in [1.54, 1.807) is 19.1 Å². The third-order valence-electron chi connectivity index (χ3n) is 3.37. The average Bonchev–Trinajstić information content (AvgIpc) is 2.94. The fraction of sp³-hybridized carbons (Fsp3) is 0.375. The molecule has 0 aliphatic rings. The Hall–Kier alpha value is -1.85. The van der Waals surface area contributed by atoms with Crippen LogP contribution in [0, 0.1) is 5.92 Å². The van der Waals surface area contributed by atoms with Gasteiger partial charge in [-0.25, -0.2) is 0 Å². The van der Waals surface area contributed by atoms with Crippen LogP contribution in [-0.4, -0.2) is 33.9 Å². The van der Waals surface area contributed by atoms with Crippen molar-refractivity contribution in [1.29, 1.82) is 0 Å². The Kier molecular flexibility index (Phi) is 5.57. The summed E-state index contributed by atoms with van der Waals surface area (Å²) in [5, 5.41) is 19.7. The number of benzene rings is 1. The minimum absolute atomic E-state index is 0.184. The highest BCUT2D eigenvalue weighted by Gasteiger charge is 2.16. The number of aromatic amines is 1. The maximum atomic E-state index is 12.3. The fourth-order valence-electron chi connectivity index (χ4n) is 2.32. The molecule has 1 aromatic heterocycles. The average molecular weight is 322 g/mol. The summed E-state index contributed by atoms with van der Waals surface area (Å²) in [6.45, 7) is 4.24. The molecule has 6 heteroatoms. The lowest BCUT2D eigenvalue weighted by molar-refractivity contribution is 0.0940. The highest BCUT2D eigenvalue weighted by atomic mass is 35.5. The Balaban J connectivity index is 2.05. The summed E-state index contributed by atoms with van der Waals surface area (Å²) < 4.78 is 0. The molecule has 1 heterocycles. The van der Waals surface area contributed by atoms with Crippen molar-refractivity contribution in [2.24, 2.45) is 5.92 Å². The van der Waals surface area contributed by atoms with Gasteiger partial charge in [0.05, 0.1) is 23.6 Å². The third kappa shape index (κ3) is 4.32. The topological polar surface area (TPSA) is 78.0 Å². The smallest absolute Gasteiger partial charge is 0.255 e. The number of rotatable bonds is 6. The van der Waals surface area contributed by atoms with Crippen LogP contribution in [0.25, 0.3) is 11.3 Å². The van der Waals surface area contributed by atoms with Gasteiger partial charge in [-0.1, -0.05) is 30.7 Å². The molecule has 0 aliphatic heterocycles. The molecule has 0 saturated carbocycles. The number of aliphatic hydroxyl groups excluding tert-OH is 1. The van der Waals surface area contributed by atoms with Crippen molar-refractivity contribution in [3.8, 4) is 11.3 Å². The fourth-order valence-corrected chi connectivity index (χ4v) is 2.45. The van der Waals surface area contributed by atoms with Gasteiger partial charge in [0, 0.05) is 17.1 Å². The summed E-state index contributed by atoms with van der Waals surface area (Å²) in [6.07, 6.45) is 1.79. The van der Waals surface area contributed by atoms with Gasteiger partial charge in [0.2, 0.25) is 0 Å². The van der Waals surface area contributed by atoms with E-state index in [1.807, 2.05) is 19.1 Å². The largest absolute Gasteiger partial charge is 0.393 e. The van der Waals surface area contributed by atoms with Gasteiger partial charge in [0.15, 0.2) is 0 Å². The molecule has 0 radical (unpaired) electrons.